The van der Waals surface area contributed by atoms with Gasteiger partial charge in [-0.15, -0.1) is 10.2 Å². The first-order chi connectivity index (χ1) is 19.4. The molecule has 40 heavy (non-hydrogen) atoms. The summed E-state index contributed by atoms with van der Waals surface area (Å²) in [5.41, 5.74) is 11.1. The van der Waals surface area contributed by atoms with Gasteiger partial charge in [0.25, 0.3) is 0 Å². The Morgan fingerprint density at radius 3 is 2.45 bits per heavy atom. The number of nitrogens with zero attached hydrogens (tertiary/aromatic N) is 7. The Morgan fingerprint density at radius 1 is 1.02 bits per heavy atom. The van der Waals surface area contributed by atoms with Gasteiger partial charge < -0.3 is 10.7 Å². The van der Waals surface area contributed by atoms with E-state index in [0.29, 0.717) is 30.0 Å². The molecule has 0 spiro atoms. The van der Waals surface area contributed by atoms with E-state index in [1.165, 1.54) is 10.8 Å². The average Bonchev–Trinajstić information content (AvgIpc) is 3.67. The van der Waals surface area contributed by atoms with Gasteiger partial charge in [-0.25, -0.2) is 13.4 Å². The predicted octanol–water partition coefficient (Wildman–Crippen LogP) is 3.47. The van der Waals surface area contributed by atoms with Crippen molar-refractivity contribution >= 4 is 21.3 Å². The number of aromatic nitrogens is 7. The molecule has 11 nitrogen and oxygen atoms in total. The monoisotopic (exact) mass is 555 g/mol. The van der Waals surface area contributed by atoms with Crippen LogP contribution in [-0.2, 0) is 16.4 Å². The van der Waals surface area contributed by atoms with E-state index in [-0.39, 0.29) is 16.6 Å². The summed E-state index contributed by atoms with van der Waals surface area (Å²) < 4.78 is 27.6. The zero-order valence-corrected chi connectivity index (χ0v) is 22.8. The minimum absolute atomic E-state index is 0.0400. The molecule has 1 aromatic carbocycles. The Bertz CT molecular complexity index is 1770. The largest absolute Gasteiger partial charge is 0.382 e. The highest BCUT2D eigenvalue weighted by atomic mass is 32.2. The Hall–Kier alpha value is -4.16. The van der Waals surface area contributed by atoms with Gasteiger partial charge in [0, 0.05) is 47.1 Å². The minimum atomic E-state index is -3.66. The first-order valence-corrected chi connectivity index (χ1v) is 15.3. The predicted molar refractivity (Wildman–Crippen MR) is 150 cm³/mol. The molecule has 3 N–H and O–H groups in total. The lowest BCUT2D eigenvalue weighted by atomic mass is 9.87. The number of sulfone groups is 1. The van der Waals surface area contributed by atoms with Crippen LogP contribution in [0.1, 0.15) is 43.1 Å². The molecular weight excluding hydrogens is 526 g/mol. The van der Waals surface area contributed by atoms with Crippen molar-refractivity contribution < 1.29 is 8.42 Å². The second kappa shape index (κ2) is 9.49. The minimum Gasteiger partial charge on any atom is -0.382 e. The number of fused-ring (bicyclic) bond motifs is 3. The summed E-state index contributed by atoms with van der Waals surface area (Å²) in [6.45, 7) is 0.703. The molecule has 2 fully saturated rings. The number of hydrogen-bond donors (Lipinski definition) is 2. The number of pyridine rings is 1. The van der Waals surface area contributed by atoms with Crippen LogP contribution in [0.15, 0.2) is 66.1 Å². The number of aromatic amines is 1. The van der Waals surface area contributed by atoms with Crippen molar-refractivity contribution in [1.29, 1.82) is 0 Å². The van der Waals surface area contributed by atoms with E-state index in [1.54, 1.807) is 18.7 Å². The Kier molecular flexibility index (Phi) is 5.90. The van der Waals surface area contributed by atoms with Gasteiger partial charge in [0.15, 0.2) is 15.5 Å². The maximum absolute atomic E-state index is 13.1. The summed E-state index contributed by atoms with van der Waals surface area (Å²) in [5, 5.41) is 12.5. The molecule has 2 aliphatic heterocycles. The van der Waals surface area contributed by atoms with Crippen LogP contribution in [-0.4, -0.2) is 66.4 Å². The van der Waals surface area contributed by atoms with Gasteiger partial charge >= 0.3 is 0 Å². The quantitative estimate of drug-likeness (QED) is 0.321. The fourth-order valence-corrected chi connectivity index (χ4v) is 7.51. The number of H-pyrrole nitrogens is 1. The van der Waals surface area contributed by atoms with E-state index < -0.39 is 9.84 Å². The molecule has 204 valence electrons. The zero-order chi connectivity index (χ0) is 27.4. The summed E-state index contributed by atoms with van der Waals surface area (Å²) in [6, 6.07) is 14.5. The third-order valence-corrected chi connectivity index (χ3v) is 9.41. The van der Waals surface area contributed by atoms with E-state index in [0.717, 1.165) is 53.9 Å². The zero-order valence-electron chi connectivity index (χ0n) is 22.0. The molecule has 0 unspecified atom stereocenters. The number of nitrogen functional groups attached to an aromatic ring is 1. The van der Waals surface area contributed by atoms with Crippen molar-refractivity contribution in [1.82, 2.24) is 39.7 Å². The molecule has 0 saturated carbocycles. The van der Waals surface area contributed by atoms with E-state index in [9.17, 15) is 8.42 Å². The maximum Gasteiger partial charge on any atom is 0.180 e. The summed E-state index contributed by atoms with van der Waals surface area (Å²) in [7, 11) is -3.66. The van der Waals surface area contributed by atoms with E-state index in [1.807, 2.05) is 42.5 Å². The first kappa shape index (κ1) is 24.9. The first-order valence-electron chi connectivity index (χ1n) is 13.4. The highest BCUT2D eigenvalue weighted by molar-refractivity contribution is 7.91. The second-order valence-electron chi connectivity index (χ2n) is 10.7. The van der Waals surface area contributed by atoms with Crippen LogP contribution in [0.4, 0.5) is 5.82 Å². The Morgan fingerprint density at radius 2 is 1.80 bits per heavy atom. The van der Waals surface area contributed by atoms with Crippen LogP contribution in [0, 0.1) is 0 Å². The van der Waals surface area contributed by atoms with Crippen molar-refractivity contribution in [2.75, 3.05) is 12.0 Å². The lowest BCUT2D eigenvalue weighted by molar-refractivity contribution is 0.114. The number of hydrogen-bond acceptors (Lipinski definition) is 9. The van der Waals surface area contributed by atoms with Crippen LogP contribution >= 0.6 is 0 Å². The standard InChI is InChI=1S/C28H29N9O2S/c1-40(38,39)26-25(19-11-20-8-9-21(12-19)36(20)15-24-31-16-32-35-24)34-28-22(14-33-37(28)27(26)29)18-7-10-23(30-13-18)17-5-3-2-4-6-17/h2-7,10,13-14,16,19-21H,8-9,11-12,15,29H2,1H3,(H,31,32,35)/t19-,20-,21+. The third kappa shape index (κ3) is 4.23. The molecule has 0 amide bonds. The molecule has 6 heterocycles. The molecule has 2 saturated heterocycles. The van der Waals surface area contributed by atoms with Crippen molar-refractivity contribution in [3.05, 3.63) is 72.7 Å². The molecule has 2 aliphatic rings. The van der Waals surface area contributed by atoms with Crippen LogP contribution < -0.4 is 5.73 Å². The number of rotatable bonds is 6. The van der Waals surface area contributed by atoms with Crippen molar-refractivity contribution in [3.8, 4) is 22.4 Å². The van der Waals surface area contributed by atoms with Crippen LogP contribution in [0.25, 0.3) is 28.0 Å². The van der Waals surface area contributed by atoms with Crippen LogP contribution in [0.5, 0.6) is 0 Å². The fourth-order valence-electron chi connectivity index (χ4n) is 6.45. The number of nitrogens with one attached hydrogen (secondary N) is 1. The Balaban J connectivity index is 1.28. The molecule has 0 radical (unpaired) electrons. The Labute approximate surface area is 231 Å². The SMILES string of the molecule is CS(=O)(=O)c1c([C@@H]2C[C@H]3CC[C@@H](C2)N3Cc2nnc[nH]2)nc2c(-c3ccc(-c4ccccc4)nc3)cnn2c1N. The van der Waals surface area contributed by atoms with E-state index in [2.05, 4.69) is 30.2 Å². The van der Waals surface area contributed by atoms with Crippen LogP contribution in [0.3, 0.4) is 0 Å². The summed E-state index contributed by atoms with van der Waals surface area (Å²) in [5.74, 6) is 0.896. The molecule has 3 atom stereocenters. The summed E-state index contributed by atoms with van der Waals surface area (Å²) in [4.78, 5) is 15.3. The van der Waals surface area contributed by atoms with Gasteiger partial charge in [-0.3, -0.25) is 9.88 Å². The molecule has 5 aromatic rings. The summed E-state index contributed by atoms with van der Waals surface area (Å²) in [6.07, 6.45) is 9.97. The van der Waals surface area contributed by atoms with Gasteiger partial charge in [-0.05, 0) is 31.7 Å². The van der Waals surface area contributed by atoms with E-state index >= 15 is 0 Å². The smallest absolute Gasteiger partial charge is 0.180 e. The third-order valence-electron chi connectivity index (χ3n) is 8.25. The molecule has 2 bridgehead atoms. The van der Waals surface area contributed by atoms with Crippen molar-refractivity contribution in [2.45, 2.75) is 55.1 Å². The highest BCUT2D eigenvalue weighted by Crippen LogP contribution is 2.45. The topological polar surface area (TPSA) is 148 Å². The van der Waals surface area contributed by atoms with Gasteiger partial charge in [0.1, 0.15) is 22.9 Å². The normalized spacial score (nSPS) is 21.3. The molecular formula is C28H29N9O2S. The fraction of sp³-hybridized carbons (Fsp3) is 0.321. The van der Waals surface area contributed by atoms with Crippen molar-refractivity contribution in [2.24, 2.45) is 0 Å². The summed E-state index contributed by atoms with van der Waals surface area (Å²) >= 11 is 0. The molecule has 0 aliphatic carbocycles. The van der Waals surface area contributed by atoms with E-state index in [4.69, 9.17) is 10.7 Å². The molecule has 7 rings (SSSR count). The maximum atomic E-state index is 13.1. The molecule has 12 heteroatoms. The van der Waals surface area contributed by atoms with Gasteiger partial charge in [0.2, 0.25) is 0 Å². The van der Waals surface area contributed by atoms with Gasteiger partial charge in [0.05, 0.1) is 24.1 Å². The van der Waals surface area contributed by atoms with Gasteiger partial charge in [-0.2, -0.15) is 9.61 Å². The van der Waals surface area contributed by atoms with Gasteiger partial charge in [-0.1, -0.05) is 36.4 Å². The highest BCUT2D eigenvalue weighted by Gasteiger charge is 2.43. The number of piperidine rings is 1. The average molecular weight is 556 g/mol. The second-order valence-corrected chi connectivity index (χ2v) is 12.7. The number of benzene rings is 1. The lowest BCUT2D eigenvalue weighted by Gasteiger charge is -2.38. The number of anilines is 1. The molecule has 4 aromatic heterocycles. The lowest BCUT2D eigenvalue weighted by Crippen LogP contribution is -2.42. The number of nitrogens with two attached hydrogens (primary N) is 1. The van der Waals surface area contributed by atoms with Crippen LogP contribution in [0.2, 0.25) is 0 Å². The van der Waals surface area contributed by atoms with Crippen molar-refractivity contribution in [3.63, 3.8) is 0 Å².